The van der Waals surface area contributed by atoms with Crippen molar-refractivity contribution in [2.75, 3.05) is 0 Å². The minimum absolute atomic E-state index is 0.338. The van der Waals surface area contributed by atoms with Crippen LogP contribution in [0.1, 0.15) is 17.2 Å². The SMILES string of the molecule is Cc1ccc(F)c(C(C#N)O[Si](C)(C)C)c1. The molecule has 4 heteroatoms. The fourth-order valence-corrected chi connectivity index (χ4v) is 2.26. The van der Waals surface area contributed by atoms with Crippen LogP contribution in [0.3, 0.4) is 0 Å². The fraction of sp³-hybridized carbons (Fsp3) is 0.417. The van der Waals surface area contributed by atoms with Crippen LogP contribution in [0.2, 0.25) is 19.6 Å². The van der Waals surface area contributed by atoms with Crippen LogP contribution in [0, 0.1) is 24.1 Å². The molecule has 0 saturated carbocycles. The summed E-state index contributed by atoms with van der Waals surface area (Å²) in [6, 6.07) is 6.75. The Balaban J connectivity index is 3.05. The molecule has 1 rings (SSSR count). The number of hydrogen-bond acceptors (Lipinski definition) is 2. The maximum Gasteiger partial charge on any atom is 0.186 e. The molecule has 1 unspecified atom stereocenters. The summed E-state index contributed by atoms with van der Waals surface area (Å²) >= 11 is 0. The first kappa shape index (κ1) is 12.9. The van der Waals surface area contributed by atoms with E-state index in [2.05, 4.69) is 0 Å². The summed E-state index contributed by atoms with van der Waals surface area (Å²) in [5.74, 6) is -0.379. The van der Waals surface area contributed by atoms with Crippen molar-refractivity contribution in [3.8, 4) is 6.07 Å². The number of benzene rings is 1. The molecule has 1 atom stereocenters. The standard InChI is InChI=1S/C12H16FNOSi/c1-9-5-6-11(13)10(7-9)12(8-14)15-16(2,3)4/h5-7,12H,1-4H3. The minimum Gasteiger partial charge on any atom is -0.399 e. The average Bonchev–Trinajstić information content (AvgIpc) is 2.17. The largest absolute Gasteiger partial charge is 0.399 e. The fourth-order valence-electron chi connectivity index (χ4n) is 1.38. The van der Waals surface area contributed by atoms with E-state index in [4.69, 9.17) is 9.69 Å². The predicted molar refractivity (Wildman–Crippen MR) is 63.9 cm³/mol. The van der Waals surface area contributed by atoms with Gasteiger partial charge in [0.2, 0.25) is 0 Å². The zero-order valence-electron chi connectivity index (χ0n) is 10.0. The van der Waals surface area contributed by atoms with E-state index in [9.17, 15) is 4.39 Å². The molecule has 0 aliphatic rings. The highest BCUT2D eigenvalue weighted by Crippen LogP contribution is 2.24. The Bertz CT molecular complexity index is 420. The summed E-state index contributed by atoms with van der Waals surface area (Å²) in [4.78, 5) is 0. The summed E-state index contributed by atoms with van der Waals surface area (Å²) in [6.45, 7) is 7.80. The monoisotopic (exact) mass is 237 g/mol. The second-order valence-electron chi connectivity index (χ2n) is 4.76. The summed E-state index contributed by atoms with van der Waals surface area (Å²) in [5.41, 5.74) is 1.26. The molecule has 1 aromatic rings. The van der Waals surface area contributed by atoms with Gasteiger partial charge in [-0.15, -0.1) is 0 Å². The molecule has 2 nitrogen and oxygen atoms in total. The van der Waals surface area contributed by atoms with Gasteiger partial charge in [0.05, 0.1) is 6.07 Å². The molecule has 16 heavy (non-hydrogen) atoms. The first-order valence-corrected chi connectivity index (χ1v) is 8.58. The second kappa shape index (κ2) is 4.77. The summed E-state index contributed by atoms with van der Waals surface area (Å²) < 4.78 is 19.2. The molecular formula is C12H16FNOSi. The van der Waals surface area contributed by atoms with Gasteiger partial charge in [-0.1, -0.05) is 11.6 Å². The Kier molecular flexibility index (Phi) is 3.84. The molecule has 0 aromatic heterocycles. The van der Waals surface area contributed by atoms with Crippen LogP contribution in [-0.4, -0.2) is 8.32 Å². The van der Waals surface area contributed by atoms with E-state index in [0.29, 0.717) is 5.56 Å². The van der Waals surface area contributed by atoms with E-state index < -0.39 is 14.4 Å². The minimum atomic E-state index is -1.85. The van der Waals surface area contributed by atoms with Gasteiger partial charge in [0.1, 0.15) is 5.82 Å². The Morgan fingerprint density at radius 1 is 1.38 bits per heavy atom. The van der Waals surface area contributed by atoms with Gasteiger partial charge in [-0.3, -0.25) is 0 Å². The van der Waals surface area contributed by atoms with Crippen molar-refractivity contribution in [2.24, 2.45) is 0 Å². The van der Waals surface area contributed by atoms with Crippen molar-refractivity contribution in [3.05, 3.63) is 35.1 Å². The maximum atomic E-state index is 13.6. The lowest BCUT2D eigenvalue weighted by Gasteiger charge is -2.22. The molecule has 0 bridgehead atoms. The van der Waals surface area contributed by atoms with Crippen molar-refractivity contribution < 1.29 is 8.82 Å². The van der Waals surface area contributed by atoms with E-state index in [1.807, 2.05) is 32.6 Å². The third-order valence-corrected chi connectivity index (χ3v) is 2.97. The van der Waals surface area contributed by atoms with Crippen LogP contribution in [-0.2, 0) is 4.43 Å². The highest BCUT2D eigenvalue weighted by molar-refractivity contribution is 6.69. The smallest absolute Gasteiger partial charge is 0.186 e. The Labute approximate surface area is 96.8 Å². The molecule has 0 fully saturated rings. The van der Waals surface area contributed by atoms with Gasteiger partial charge in [0, 0.05) is 5.56 Å². The molecule has 0 spiro atoms. The molecule has 0 saturated heterocycles. The Morgan fingerprint density at radius 3 is 2.50 bits per heavy atom. The highest BCUT2D eigenvalue weighted by Gasteiger charge is 2.24. The van der Waals surface area contributed by atoms with E-state index in [1.54, 1.807) is 12.1 Å². The molecule has 1 aromatic carbocycles. The summed E-state index contributed by atoms with van der Waals surface area (Å²) in [5, 5.41) is 9.04. The molecule has 0 heterocycles. The van der Waals surface area contributed by atoms with Crippen LogP contribution < -0.4 is 0 Å². The van der Waals surface area contributed by atoms with Crippen LogP contribution in [0.5, 0.6) is 0 Å². The van der Waals surface area contributed by atoms with Crippen molar-refractivity contribution in [2.45, 2.75) is 32.7 Å². The number of rotatable bonds is 3. The number of nitriles is 1. The van der Waals surface area contributed by atoms with Crippen LogP contribution >= 0.6 is 0 Å². The summed E-state index contributed by atoms with van der Waals surface area (Å²) in [6.07, 6.45) is -0.799. The first-order chi connectivity index (χ1) is 7.33. The highest BCUT2D eigenvalue weighted by atomic mass is 28.4. The number of nitrogens with zero attached hydrogens (tertiary/aromatic N) is 1. The topological polar surface area (TPSA) is 33.0 Å². The molecular weight excluding hydrogens is 221 g/mol. The van der Waals surface area contributed by atoms with E-state index in [-0.39, 0.29) is 5.82 Å². The lowest BCUT2D eigenvalue weighted by atomic mass is 10.1. The van der Waals surface area contributed by atoms with Gasteiger partial charge in [-0.2, -0.15) is 5.26 Å². The third-order valence-electron chi connectivity index (χ3n) is 2.02. The average molecular weight is 237 g/mol. The number of hydrogen-bond donors (Lipinski definition) is 0. The van der Waals surface area contributed by atoms with Gasteiger partial charge in [0.15, 0.2) is 14.4 Å². The molecule has 0 N–H and O–H groups in total. The molecule has 0 aliphatic heterocycles. The Morgan fingerprint density at radius 2 is 2.00 bits per heavy atom. The maximum absolute atomic E-state index is 13.6. The molecule has 0 amide bonds. The van der Waals surface area contributed by atoms with Gasteiger partial charge >= 0.3 is 0 Å². The van der Waals surface area contributed by atoms with E-state index >= 15 is 0 Å². The summed E-state index contributed by atoms with van der Waals surface area (Å²) in [7, 11) is -1.85. The second-order valence-corrected chi connectivity index (χ2v) is 9.22. The van der Waals surface area contributed by atoms with Gasteiger partial charge in [0.25, 0.3) is 0 Å². The van der Waals surface area contributed by atoms with Crippen molar-refractivity contribution in [1.29, 1.82) is 5.26 Å². The third kappa shape index (κ3) is 3.44. The molecule has 0 aliphatic carbocycles. The predicted octanol–water partition coefficient (Wildman–Crippen LogP) is 3.55. The first-order valence-electron chi connectivity index (χ1n) is 5.17. The lowest BCUT2D eigenvalue weighted by Crippen LogP contribution is -2.27. The van der Waals surface area contributed by atoms with Crippen molar-refractivity contribution in [3.63, 3.8) is 0 Å². The van der Waals surface area contributed by atoms with Crippen LogP contribution in [0.4, 0.5) is 4.39 Å². The normalized spacial score (nSPS) is 13.2. The quantitative estimate of drug-likeness (QED) is 0.753. The van der Waals surface area contributed by atoms with Gasteiger partial charge in [-0.25, -0.2) is 4.39 Å². The number of halogens is 1. The van der Waals surface area contributed by atoms with Crippen molar-refractivity contribution >= 4 is 8.32 Å². The lowest BCUT2D eigenvalue weighted by molar-refractivity contribution is 0.249. The van der Waals surface area contributed by atoms with Crippen molar-refractivity contribution in [1.82, 2.24) is 0 Å². The number of aryl methyl sites for hydroxylation is 1. The van der Waals surface area contributed by atoms with E-state index in [1.165, 1.54) is 6.07 Å². The van der Waals surface area contributed by atoms with Crippen LogP contribution in [0.25, 0.3) is 0 Å². The zero-order chi connectivity index (χ0) is 12.3. The molecule has 86 valence electrons. The Hall–Kier alpha value is -1.18. The molecule has 0 radical (unpaired) electrons. The van der Waals surface area contributed by atoms with Gasteiger partial charge in [-0.05, 0) is 38.7 Å². The zero-order valence-corrected chi connectivity index (χ0v) is 11.0. The van der Waals surface area contributed by atoms with E-state index in [0.717, 1.165) is 5.56 Å². The van der Waals surface area contributed by atoms with Crippen LogP contribution in [0.15, 0.2) is 18.2 Å². The van der Waals surface area contributed by atoms with Gasteiger partial charge < -0.3 is 4.43 Å².